The van der Waals surface area contributed by atoms with E-state index >= 15 is 0 Å². The van der Waals surface area contributed by atoms with Crippen LogP contribution in [0.5, 0.6) is 0 Å². The Morgan fingerprint density at radius 2 is 2.11 bits per heavy atom. The molecule has 0 spiro atoms. The summed E-state index contributed by atoms with van der Waals surface area (Å²) < 4.78 is 1.62. The van der Waals surface area contributed by atoms with Crippen molar-refractivity contribution in [2.45, 2.75) is 25.0 Å². The van der Waals surface area contributed by atoms with E-state index in [9.17, 15) is 9.59 Å². The SMILES string of the molecule is CCn1c(SCC(=O)N(C)CCC#N)nc2scc(-c3ccccc3)c2c1=O. The Morgan fingerprint density at radius 3 is 2.79 bits per heavy atom. The zero-order valence-corrected chi connectivity index (χ0v) is 17.3. The van der Waals surface area contributed by atoms with Crippen molar-refractivity contribution < 1.29 is 4.79 Å². The Labute approximate surface area is 171 Å². The number of nitriles is 1. The highest BCUT2D eigenvalue weighted by Gasteiger charge is 2.18. The zero-order chi connectivity index (χ0) is 20.1. The van der Waals surface area contributed by atoms with Gasteiger partial charge in [-0.05, 0) is 12.5 Å². The minimum absolute atomic E-state index is 0.0830. The van der Waals surface area contributed by atoms with Crippen LogP contribution >= 0.6 is 23.1 Å². The molecule has 2 aromatic heterocycles. The molecule has 28 heavy (non-hydrogen) atoms. The molecular weight excluding hydrogens is 392 g/mol. The minimum Gasteiger partial charge on any atom is -0.344 e. The van der Waals surface area contributed by atoms with Crippen molar-refractivity contribution in [1.29, 1.82) is 5.26 Å². The standard InChI is InChI=1S/C20H20N4O2S2/c1-3-24-19(26)17-15(14-8-5-4-6-9-14)12-27-18(17)22-20(24)28-13-16(25)23(2)11-7-10-21/h4-6,8-9,12H,3,7,11,13H2,1-2H3. The monoisotopic (exact) mass is 412 g/mol. The summed E-state index contributed by atoms with van der Waals surface area (Å²) in [5.74, 6) is 0.0879. The highest BCUT2D eigenvalue weighted by molar-refractivity contribution is 7.99. The van der Waals surface area contributed by atoms with E-state index < -0.39 is 0 Å². The van der Waals surface area contributed by atoms with Crippen molar-refractivity contribution in [2.24, 2.45) is 0 Å². The lowest BCUT2D eigenvalue weighted by molar-refractivity contribution is -0.127. The Balaban J connectivity index is 1.92. The third-order valence-corrected chi connectivity index (χ3v) is 6.20. The first kappa shape index (κ1) is 20.1. The van der Waals surface area contributed by atoms with Gasteiger partial charge in [-0.2, -0.15) is 5.26 Å². The van der Waals surface area contributed by atoms with Crippen LogP contribution in [0, 0.1) is 11.3 Å². The van der Waals surface area contributed by atoms with Gasteiger partial charge in [0.15, 0.2) is 5.16 Å². The van der Waals surface area contributed by atoms with E-state index in [1.165, 1.54) is 28.0 Å². The maximum absolute atomic E-state index is 13.1. The van der Waals surface area contributed by atoms with E-state index in [0.29, 0.717) is 34.9 Å². The Morgan fingerprint density at radius 1 is 1.36 bits per heavy atom. The van der Waals surface area contributed by atoms with Crippen LogP contribution < -0.4 is 5.56 Å². The summed E-state index contributed by atoms with van der Waals surface area (Å²) in [5.41, 5.74) is 1.80. The quantitative estimate of drug-likeness (QED) is 0.437. The molecule has 0 saturated carbocycles. The largest absolute Gasteiger partial charge is 0.344 e. The normalized spacial score (nSPS) is 10.8. The molecule has 3 aromatic rings. The fourth-order valence-corrected chi connectivity index (χ4v) is 4.80. The highest BCUT2D eigenvalue weighted by atomic mass is 32.2. The van der Waals surface area contributed by atoms with Crippen LogP contribution in [-0.4, -0.2) is 39.7 Å². The van der Waals surface area contributed by atoms with Gasteiger partial charge in [-0.3, -0.25) is 14.2 Å². The predicted octanol–water partition coefficient (Wildman–Crippen LogP) is 3.61. The third kappa shape index (κ3) is 4.11. The molecule has 2 heterocycles. The van der Waals surface area contributed by atoms with E-state index in [1.54, 1.807) is 11.6 Å². The van der Waals surface area contributed by atoms with Gasteiger partial charge in [0.1, 0.15) is 4.83 Å². The number of rotatable bonds is 7. The van der Waals surface area contributed by atoms with Gasteiger partial charge in [-0.25, -0.2) is 4.98 Å². The number of thiophene rings is 1. The van der Waals surface area contributed by atoms with Gasteiger partial charge in [0.25, 0.3) is 5.56 Å². The van der Waals surface area contributed by atoms with Crippen molar-refractivity contribution in [3.05, 3.63) is 46.1 Å². The Hall–Kier alpha value is -2.63. The number of amides is 1. The summed E-state index contributed by atoms with van der Waals surface area (Å²) in [5, 5.41) is 11.8. The average Bonchev–Trinajstić information content (AvgIpc) is 3.15. The molecule has 0 fully saturated rings. The molecule has 1 aromatic carbocycles. The first-order valence-corrected chi connectivity index (χ1v) is 10.7. The number of thioether (sulfide) groups is 1. The second-order valence-corrected chi connectivity index (χ2v) is 7.95. The van der Waals surface area contributed by atoms with E-state index in [0.717, 1.165) is 11.1 Å². The number of hydrogen-bond acceptors (Lipinski definition) is 6. The van der Waals surface area contributed by atoms with Crippen LogP contribution in [0.4, 0.5) is 0 Å². The molecule has 0 radical (unpaired) electrons. The second kappa shape index (κ2) is 9.04. The summed E-state index contributed by atoms with van der Waals surface area (Å²) in [7, 11) is 1.68. The van der Waals surface area contributed by atoms with E-state index in [2.05, 4.69) is 4.98 Å². The summed E-state index contributed by atoms with van der Waals surface area (Å²) in [6.45, 7) is 2.77. The molecule has 6 nitrogen and oxygen atoms in total. The Bertz CT molecular complexity index is 1080. The molecule has 0 unspecified atom stereocenters. The summed E-state index contributed by atoms with van der Waals surface area (Å²) in [6.07, 6.45) is 0.300. The van der Waals surface area contributed by atoms with Crippen LogP contribution in [0.25, 0.3) is 21.3 Å². The predicted molar refractivity (Wildman–Crippen MR) is 114 cm³/mol. The molecule has 0 aliphatic rings. The molecule has 3 rings (SSSR count). The number of carbonyl (C=O) groups is 1. The third-order valence-electron chi connectivity index (χ3n) is 4.37. The topological polar surface area (TPSA) is 79.0 Å². The maximum atomic E-state index is 13.1. The van der Waals surface area contributed by atoms with Gasteiger partial charge < -0.3 is 4.90 Å². The van der Waals surface area contributed by atoms with Crippen molar-refractivity contribution in [1.82, 2.24) is 14.5 Å². The number of hydrogen-bond donors (Lipinski definition) is 0. The van der Waals surface area contributed by atoms with Crippen molar-refractivity contribution in [3.8, 4) is 17.2 Å². The first-order chi connectivity index (χ1) is 13.6. The van der Waals surface area contributed by atoms with Crippen molar-refractivity contribution in [3.63, 3.8) is 0 Å². The number of fused-ring (bicyclic) bond motifs is 1. The highest BCUT2D eigenvalue weighted by Crippen LogP contribution is 2.32. The van der Waals surface area contributed by atoms with Gasteiger partial charge in [0.2, 0.25) is 5.91 Å². The number of aromatic nitrogens is 2. The van der Waals surface area contributed by atoms with Crippen molar-refractivity contribution >= 4 is 39.2 Å². The van der Waals surface area contributed by atoms with Crippen LogP contribution in [0.2, 0.25) is 0 Å². The smallest absolute Gasteiger partial charge is 0.263 e. The fraction of sp³-hybridized carbons (Fsp3) is 0.300. The molecule has 0 aliphatic heterocycles. The van der Waals surface area contributed by atoms with Gasteiger partial charge >= 0.3 is 0 Å². The molecule has 1 amide bonds. The summed E-state index contributed by atoms with van der Waals surface area (Å²) in [6, 6.07) is 11.8. The molecular formula is C20H20N4O2S2. The maximum Gasteiger partial charge on any atom is 0.263 e. The number of nitrogens with zero attached hydrogens (tertiary/aromatic N) is 4. The zero-order valence-electron chi connectivity index (χ0n) is 15.7. The summed E-state index contributed by atoms with van der Waals surface area (Å²) >= 11 is 2.70. The van der Waals surface area contributed by atoms with Crippen LogP contribution in [-0.2, 0) is 11.3 Å². The lowest BCUT2D eigenvalue weighted by Gasteiger charge is -2.16. The van der Waals surface area contributed by atoms with E-state index in [1.807, 2.05) is 48.7 Å². The first-order valence-electron chi connectivity index (χ1n) is 8.88. The van der Waals surface area contributed by atoms with Crippen molar-refractivity contribution in [2.75, 3.05) is 19.3 Å². The number of benzene rings is 1. The lowest BCUT2D eigenvalue weighted by atomic mass is 10.1. The van der Waals surface area contributed by atoms with Gasteiger partial charge in [0, 0.05) is 31.1 Å². The van der Waals surface area contributed by atoms with Crippen LogP contribution in [0.3, 0.4) is 0 Å². The molecule has 0 aliphatic carbocycles. The summed E-state index contributed by atoms with van der Waals surface area (Å²) in [4.78, 5) is 32.3. The molecule has 0 saturated heterocycles. The van der Waals surface area contributed by atoms with Gasteiger partial charge in [0.05, 0.1) is 23.6 Å². The van der Waals surface area contributed by atoms with Gasteiger partial charge in [-0.15, -0.1) is 11.3 Å². The molecule has 0 N–H and O–H groups in total. The number of carbonyl (C=O) groups excluding carboxylic acids is 1. The lowest BCUT2D eigenvalue weighted by Crippen LogP contribution is -2.29. The molecule has 0 bridgehead atoms. The molecule has 8 heteroatoms. The second-order valence-electron chi connectivity index (χ2n) is 6.15. The average molecular weight is 413 g/mol. The van der Waals surface area contributed by atoms with Crippen LogP contribution in [0.15, 0.2) is 45.7 Å². The molecule has 0 atom stereocenters. The minimum atomic E-state index is -0.0894. The van der Waals surface area contributed by atoms with E-state index in [-0.39, 0.29) is 17.2 Å². The van der Waals surface area contributed by atoms with Gasteiger partial charge in [-0.1, -0.05) is 42.1 Å². The van der Waals surface area contributed by atoms with Crippen LogP contribution in [0.1, 0.15) is 13.3 Å². The van der Waals surface area contributed by atoms with E-state index in [4.69, 9.17) is 5.26 Å². The molecule has 144 valence electrons. The fourth-order valence-electron chi connectivity index (χ4n) is 2.80. The Kier molecular flexibility index (Phi) is 6.49.